The molecule has 1 N–H and O–H groups in total. The average molecular weight is 378 g/mol. The number of hydrogen-bond donors (Lipinski definition) is 1. The van der Waals surface area contributed by atoms with Crippen LogP contribution in [-0.4, -0.2) is 31.7 Å². The molecule has 1 aliphatic rings. The Labute approximate surface area is 159 Å². The molecular weight excluding hydrogens is 350 g/mol. The van der Waals surface area contributed by atoms with E-state index in [1.54, 1.807) is 20.8 Å². The van der Waals surface area contributed by atoms with Crippen molar-refractivity contribution in [2.24, 2.45) is 11.8 Å². The number of ether oxygens (including phenoxy) is 2. The van der Waals surface area contributed by atoms with Crippen molar-refractivity contribution in [1.29, 1.82) is 0 Å². The lowest BCUT2D eigenvalue weighted by atomic mass is 9.87. The molecule has 26 heavy (non-hydrogen) atoms. The van der Waals surface area contributed by atoms with Crippen LogP contribution < -0.4 is 5.32 Å². The summed E-state index contributed by atoms with van der Waals surface area (Å²) < 4.78 is 10.3. The van der Waals surface area contributed by atoms with Crippen molar-refractivity contribution in [2.75, 3.05) is 25.1 Å². The summed E-state index contributed by atoms with van der Waals surface area (Å²) in [5.41, 5.74) is 1.05. The quantitative estimate of drug-likeness (QED) is 0.671. The minimum absolute atomic E-state index is 0.291. The third kappa shape index (κ3) is 4.75. The summed E-state index contributed by atoms with van der Waals surface area (Å²) in [6, 6.07) is 0. The summed E-state index contributed by atoms with van der Waals surface area (Å²) in [5, 5.41) is 4.00. The van der Waals surface area contributed by atoms with Crippen molar-refractivity contribution in [3.63, 3.8) is 0 Å². The Morgan fingerprint density at radius 2 is 1.77 bits per heavy atom. The van der Waals surface area contributed by atoms with Gasteiger partial charge >= 0.3 is 11.9 Å². The van der Waals surface area contributed by atoms with Gasteiger partial charge in [0.1, 0.15) is 9.88 Å². The Balaban J connectivity index is 2.15. The summed E-state index contributed by atoms with van der Waals surface area (Å²) >= 11 is 1.26. The molecule has 0 fully saturated rings. The van der Waals surface area contributed by atoms with Crippen molar-refractivity contribution in [1.82, 2.24) is 0 Å². The number of carbonyl (C=O) groups excluding carboxylic acids is 2. The topological polar surface area (TPSA) is 64.6 Å². The monoisotopic (exact) mass is 377 g/mol. The molecular formula is C20H27NO4S. The van der Waals surface area contributed by atoms with Crippen molar-refractivity contribution >= 4 is 28.3 Å². The Hall–Kier alpha value is -2.08. The van der Waals surface area contributed by atoms with E-state index in [1.807, 2.05) is 0 Å². The first-order valence-corrected chi connectivity index (χ1v) is 9.87. The average Bonchev–Trinajstić information content (AvgIpc) is 2.93. The van der Waals surface area contributed by atoms with Crippen LogP contribution in [0, 0.1) is 18.8 Å². The molecule has 1 aromatic rings. The zero-order valence-electron chi connectivity index (χ0n) is 15.8. The number of hydrogen-bond acceptors (Lipinski definition) is 6. The fourth-order valence-electron chi connectivity index (χ4n) is 2.95. The molecule has 0 radical (unpaired) electrons. The first-order chi connectivity index (χ1) is 12.5. The minimum atomic E-state index is -0.409. The fraction of sp³-hybridized carbons (Fsp3) is 0.500. The lowest BCUT2D eigenvalue weighted by Crippen LogP contribution is -2.15. The zero-order valence-corrected chi connectivity index (χ0v) is 16.7. The molecule has 2 atom stereocenters. The molecule has 0 bridgehead atoms. The maximum Gasteiger partial charge on any atom is 0.348 e. The standard InChI is InChI=1S/C20H27NO4S/c1-5-24-19(22)16-14(4)17(20(23)25-6-2)26-18(16)21-12-11-15-10-8-7-9-13(15)3/h7-10,13,15,21H,5-6,11-12H2,1-4H3. The van der Waals surface area contributed by atoms with Gasteiger partial charge in [-0.05, 0) is 44.6 Å². The number of allylic oxidation sites excluding steroid dienone is 4. The van der Waals surface area contributed by atoms with Gasteiger partial charge in [-0.1, -0.05) is 31.2 Å². The molecule has 0 spiro atoms. The Morgan fingerprint density at radius 1 is 1.12 bits per heavy atom. The molecule has 1 aromatic heterocycles. The van der Waals surface area contributed by atoms with E-state index in [1.165, 1.54) is 11.3 Å². The minimum Gasteiger partial charge on any atom is -0.462 e. The molecule has 0 aromatic carbocycles. The van der Waals surface area contributed by atoms with Gasteiger partial charge in [0, 0.05) is 6.54 Å². The van der Waals surface area contributed by atoms with E-state index in [9.17, 15) is 9.59 Å². The molecule has 142 valence electrons. The largest absolute Gasteiger partial charge is 0.462 e. The molecule has 1 aliphatic carbocycles. The van der Waals surface area contributed by atoms with Crippen LogP contribution in [0.15, 0.2) is 24.3 Å². The third-order valence-electron chi connectivity index (χ3n) is 4.41. The van der Waals surface area contributed by atoms with E-state index >= 15 is 0 Å². The van der Waals surface area contributed by atoms with Gasteiger partial charge in [0.25, 0.3) is 0 Å². The first-order valence-electron chi connectivity index (χ1n) is 9.06. The smallest absolute Gasteiger partial charge is 0.348 e. The van der Waals surface area contributed by atoms with E-state index in [2.05, 4.69) is 36.5 Å². The lowest BCUT2D eigenvalue weighted by Gasteiger charge is -2.20. The van der Waals surface area contributed by atoms with Crippen molar-refractivity contribution in [3.05, 3.63) is 40.3 Å². The highest BCUT2D eigenvalue weighted by Crippen LogP contribution is 2.34. The van der Waals surface area contributed by atoms with Crippen LogP contribution in [0.3, 0.4) is 0 Å². The molecule has 1 heterocycles. The summed E-state index contributed by atoms with van der Waals surface area (Å²) in [6.45, 7) is 8.79. The van der Waals surface area contributed by atoms with Crippen molar-refractivity contribution < 1.29 is 19.1 Å². The van der Waals surface area contributed by atoms with Crippen LogP contribution in [0.25, 0.3) is 0 Å². The number of esters is 2. The van der Waals surface area contributed by atoms with E-state index in [4.69, 9.17) is 9.47 Å². The second kappa shape index (κ2) is 9.57. The summed E-state index contributed by atoms with van der Waals surface area (Å²) in [4.78, 5) is 25.0. The number of anilines is 1. The normalized spacial score (nSPS) is 18.6. The van der Waals surface area contributed by atoms with E-state index < -0.39 is 11.9 Å². The van der Waals surface area contributed by atoms with E-state index in [0.29, 0.717) is 52.6 Å². The molecule has 2 unspecified atom stereocenters. The first kappa shape index (κ1) is 20.2. The van der Waals surface area contributed by atoms with Crippen molar-refractivity contribution in [3.8, 4) is 0 Å². The Kier molecular flexibility index (Phi) is 7.45. The summed E-state index contributed by atoms with van der Waals surface area (Å²) in [6.07, 6.45) is 9.49. The SMILES string of the molecule is CCOC(=O)c1sc(NCCC2C=CC=CC2C)c(C(=O)OCC)c1C. The van der Waals surface area contributed by atoms with Crippen molar-refractivity contribution in [2.45, 2.75) is 34.1 Å². The van der Waals surface area contributed by atoms with Gasteiger partial charge in [-0.2, -0.15) is 0 Å². The maximum atomic E-state index is 12.4. The highest BCUT2D eigenvalue weighted by Gasteiger charge is 2.26. The molecule has 0 saturated carbocycles. The maximum absolute atomic E-state index is 12.4. The molecule has 5 nitrogen and oxygen atoms in total. The Morgan fingerprint density at radius 3 is 2.42 bits per heavy atom. The number of rotatable bonds is 8. The highest BCUT2D eigenvalue weighted by molar-refractivity contribution is 7.18. The van der Waals surface area contributed by atoms with Crippen LogP contribution in [0.2, 0.25) is 0 Å². The number of nitrogens with one attached hydrogen (secondary N) is 1. The zero-order chi connectivity index (χ0) is 19.1. The summed E-state index contributed by atoms with van der Waals surface area (Å²) in [5.74, 6) is 0.145. The van der Waals surface area contributed by atoms with Crippen LogP contribution in [-0.2, 0) is 9.47 Å². The third-order valence-corrected chi connectivity index (χ3v) is 5.64. The van der Waals surface area contributed by atoms with Gasteiger partial charge in [-0.3, -0.25) is 0 Å². The van der Waals surface area contributed by atoms with Gasteiger partial charge in [-0.25, -0.2) is 9.59 Å². The molecule has 0 aliphatic heterocycles. The molecule has 0 saturated heterocycles. The number of carbonyl (C=O) groups is 2. The summed E-state index contributed by atoms with van der Waals surface area (Å²) in [7, 11) is 0. The van der Waals surface area contributed by atoms with E-state index in [0.717, 1.165) is 6.42 Å². The van der Waals surface area contributed by atoms with Gasteiger partial charge in [0.15, 0.2) is 0 Å². The second-order valence-corrected chi connectivity index (χ2v) is 7.23. The van der Waals surface area contributed by atoms with Crippen LogP contribution >= 0.6 is 11.3 Å². The highest BCUT2D eigenvalue weighted by atomic mass is 32.1. The van der Waals surface area contributed by atoms with Gasteiger partial charge < -0.3 is 14.8 Å². The van der Waals surface area contributed by atoms with Crippen LogP contribution in [0.5, 0.6) is 0 Å². The predicted molar refractivity (Wildman–Crippen MR) is 105 cm³/mol. The fourth-order valence-corrected chi connectivity index (χ4v) is 4.07. The lowest BCUT2D eigenvalue weighted by molar-refractivity contribution is 0.0527. The van der Waals surface area contributed by atoms with Crippen LogP contribution in [0.1, 0.15) is 52.8 Å². The van der Waals surface area contributed by atoms with Gasteiger partial charge in [0.05, 0.1) is 18.8 Å². The molecule has 6 heteroatoms. The van der Waals surface area contributed by atoms with Crippen LogP contribution in [0.4, 0.5) is 5.00 Å². The van der Waals surface area contributed by atoms with Gasteiger partial charge in [0.2, 0.25) is 0 Å². The number of thiophene rings is 1. The van der Waals surface area contributed by atoms with Gasteiger partial charge in [-0.15, -0.1) is 11.3 Å². The predicted octanol–water partition coefficient (Wildman–Crippen LogP) is 4.59. The van der Waals surface area contributed by atoms with E-state index in [-0.39, 0.29) is 0 Å². The molecule has 2 rings (SSSR count). The second-order valence-electron chi connectivity index (χ2n) is 6.21. The Bertz CT molecular complexity index is 705. The molecule has 0 amide bonds.